The van der Waals surface area contributed by atoms with Crippen LogP contribution in [0.5, 0.6) is 0 Å². The Kier molecular flexibility index (Phi) is 12.5. The van der Waals surface area contributed by atoms with E-state index in [4.69, 9.17) is 9.84 Å². The van der Waals surface area contributed by atoms with Crippen LogP contribution in [0.3, 0.4) is 0 Å². The molecule has 0 aliphatic carbocycles. The first-order valence-corrected chi connectivity index (χ1v) is 7.52. The molecule has 3 nitrogen and oxygen atoms in total. The topological polar surface area (TPSA) is 46.5 Å². The molecule has 0 saturated carbocycles. The van der Waals surface area contributed by atoms with Gasteiger partial charge in [0.05, 0.1) is 12.5 Å². The van der Waals surface area contributed by atoms with E-state index in [1.165, 1.54) is 44.9 Å². The minimum Gasteiger partial charge on any atom is -0.481 e. The predicted molar refractivity (Wildman–Crippen MR) is 74.8 cm³/mol. The molecule has 1 unspecified atom stereocenters. The van der Waals surface area contributed by atoms with Gasteiger partial charge >= 0.3 is 5.97 Å². The normalized spacial score (nSPS) is 12.6. The number of rotatable bonds is 13. The van der Waals surface area contributed by atoms with E-state index in [2.05, 4.69) is 6.92 Å². The lowest BCUT2D eigenvalue weighted by molar-refractivity contribution is -0.144. The molecule has 3 heteroatoms. The second-order valence-electron chi connectivity index (χ2n) is 4.99. The molecule has 0 radical (unpaired) electrons. The third-order valence-corrected chi connectivity index (χ3v) is 3.30. The lowest BCUT2D eigenvalue weighted by Gasteiger charge is -2.10. The maximum atomic E-state index is 10.7. The molecule has 0 aromatic heterocycles. The molecule has 108 valence electrons. The van der Waals surface area contributed by atoms with Crippen LogP contribution in [0.1, 0.15) is 71.6 Å². The third-order valence-electron chi connectivity index (χ3n) is 3.30. The molecule has 0 aromatic rings. The highest BCUT2D eigenvalue weighted by atomic mass is 16.5. The summed E-state index contributed by atoms with van der Waals surface area (Å²) in [5, 5.41) is 8.84. The van der Waals surface area contributed by atoms with Gasteiger partial charge in [-0.05, 0) is 12.8 Å². The first-order valence-electron chi connectivity index (χ1n) is 7.52. The van der Waals surface area contributed by atoms with Gasteiger partial charge in [-0.25, -0.2) is 0 Å². The maximum Gasteiger partial charge on any atom is 0.308 e. The van der Waals surface area contributed by atoms with E-state index < -0.39 is 5.97 Å². The Bertz CT molecular complexity index is 192. The second kappa shape index (κ2) is 12.9. The van der Waals surface area contributed by atoms with Gasteiger partial charge in [-0.3, -0.25) is 4.79 Å². The van der Waals surface area contributed by atoms with Crippen LogP contribution < -0.4 is 0 Å². The summed E-state index contributed by atoms with van der Waals surface area (Å²) < 4.78 is 5.41. The van der Waals surface area contributed by atoms with Crippen LogP contribution in [0.4, 0.5) is 0 Å². The van der Waals surface area contributed by atoms with Gasteiger partial charge in [-0.15, -0.1) is 0 Å². The summed E-state index contributed by atoms with van der Waals surface area (Å²) in [4.78, 5) is 10.7. The van der Waals surface area contributed by atoms with E-state index >= 15 is 0 Å². The number of unbranched alkanes of at least 4 members (excludes halogenated alkanes) is 7. The van der Waals surface area contributed by atoms with Crippen molar-refractivity contribution in [3.63, 3.8) is 0 Å². The number of hydrogen-bond acceptors (Lipinski definition) is 2. The SMILES string of the molecule is CCCCCCCCCCOCC(CC)C(=O)O. The lowest BCUT2D eigenvalue weighted by Crippen LogP contribution is -2.19. The highest BCUT2D eigenvalue weighted by molar-refractivity contribution is 5.69. The minimum atomic E-state index is -0.742. The van der Waals surface area contributed by atoms with Crippen molar-refractivity contribution in [1.29, 1.82) is 0 Å². The van der Waals surface area contributed by atoms with Crippen LogP contribution in [0, 0.1) is 5.92 Å². The molecule has 0 aliphatic rings. The zero-order valence-electron chi connectivity index (χ0n) is 12.1. The Morgan fingerprint density at radius 3 is 2.06 bits per heavy atom. The zero-order chi connectivity index (χ0) is 13.6. The number of carboxylic acid groups (broad SMARTS) is 1. The smallest absolute Gasteiger partial charge is 0.308 e. The molecule has 0 amide bonds. The molecule has 18 heavy (non-hydrogen) atoms. The fraction of sp³-hybridized carbons (Fsp3) is 0.933. The number of hydrogen-bond donors (Lipinski definition) is 1. The summed E-state index contributed by atoms with van der Waals surface area (Å²) >= 11 is 0. The number of ether oxygens (including phenoxy) is 1. The molecular weight excluding hydrogens is 228 g/mol. The Morgan fingerprint density at radius 2 is 1.56 bits per heavy atom. The van der Waals surface area contributed by atoms with E-state index in [9.17, 15) is 4.79 Å². The fourth-order valence-corrected chi connectivity index (χ4v) is 1.93. The van der Waals surface area contributed by atoms with Gasteiger partial charge in [-0.2, -0.15) is 0 Å². The van der Waals surface area contributed by atoms with Crippen molar-refractivity contribution in [3.05, 3.63) is 0 Å². The summed E-state index contributed by atoms with van der Waals surface area (Å²) in [6, 6.07) is 0. The molecule has 1 N–H and O–H groups in total. The summed E-state index contributed by atoms with van der Waals surface area (Å²) in [6.45, 7) is 5.19. The molecule has 0 spiro atoms. The molecule has 0 saturated heterocycles. The summed E-state index contributed by atoms with van der Waals surface area (Å²) in [5.41, 5.74) is 0. The van der Waals surface area contributed by atoms with Crippen molar-refractivity contribution in [2.24, 2.45) is 5.92 Å². The number of carboxylic acids is 1. The van der Waals surface area contributed by atoms with Gasteiger partial charge in [0, 0.05) is 6.61 Å². The van der Waals surface area contributed by atoms with E-state index in [-0.39, 0.29) is 5.92 Å². The van der Waals surface area contributed by atoms with Crippen molar-refractivity contribution in [1.82, 2.24) is 0 Å². The lowest BCUT2D eigenvalue weighted by atomic mass is 10.1. The second-order valence-corrected chi connectivity index (χ2v) is 4.99. The van der Waals surface area contributed by atoms with Crippen LogP contribution in [0.15, 0.2) is 0 Å². The van der Waals surface area contributed by atoms with Crippen LogP contribution in [0.2, 0.25) is 0 Å². The van der Waals surface area contributed by atoms with Crippen molar-refractivity contribution >= 4 is 5.97 Å². The molecule has 0 aliphatic heterocycles. The molecular formula is C15H30O3. The standard InChI is InChI=1S/C15H30O3/c1-3-5-6-7-8-9-10-11-12-18-13-14(4-2)15(16)17/h14H,3-13H2,1-2H3,(H,16,17). The Hall–Kier alpha value is -0.570. The van der Waals surface area contributed by atoms with Gasteiger partial charge in [0.1, 0.15) is 0 Å². The first-order chi connectivity index (χ1) is 8.72. The summed E-state index contributed by atoms with van der Waals surface area (Å²) in [7, 11) is 0. The number of aliphatic carboxylic acids is 1. The Morgan fingerprint density at radius 1 is 1.00 bits per heavy atom. The van der Waals surface area contributed by atoms with Gasteiger partial charge in [0.15, 0.2) is 0 Å². The highest BCUT2D eigenvalue weighted by Gasteiger charge is 2.14. The van der Waals surface area contributed by atoms with Crippen LogP contribution in [-0.2, 0) is 9.53 Å². The van der Waals surface area contributed by atoms with Gasteiger partial charge in [-0.1, -0.05) is 58.8 Å². The molecule has 0 aromatic carbocycles. The monoisotopic (exact) mass is 258 g/mol. The van der Waals surface area contributed by atoms with Crippen molar-refractivity contribution in [3.8, 4) is 0 Å². The maximum absolute atomic E-state index is 10.7. The largest absolute Gasteiger partial charge is 0.481 e. The van der Waals surface area contributed by atoms with E-state index in [1.807, 2.05) is 6.92 Å². The zero-order valence-corrected chi connectivity index (χ0v) is 12.1. The fourth-order valence-electron chi connectivity index (χ4n) is 1.93. The van der Waals surface area contributed by atoms with E-state index in [1.54, 1.807) is 0 Å². The number of carbonyl (C=O) groups is 1. The van der Waals surface area contributed by atoms with Gasteiger partial charge in [0.2, 0.25) is 0 Å². The van der Waals surface area contributed by atoms with Crippen molar-refractivity contribution < 1.29 is 14.6 Å². The van der Waals surface area contributed by atoms with E-state index in [0.29, 0.717) is 19.6 Å². The van der Waals surface area contributed by atoms with Crippen molar-refractivity contribution in [2.45, 2.75) is 71.6 Å². The molecule has 0 heterocycles. The summed E-state index contributed by atoms with van der Waals surface area (Å²) in [5.74, 6) is -1.08. The van der Waals surface area contributed by atoms with Crippen LogP contribution in [0.25, 0.3) is 0 Å². The van der Waals surface area contributed by atoms with Crippen LogP contribution >= 0.6 is 0 Å². The van der Waals surface area contributed by atoms with Gasteiger partial charge in [0.25, 0.3) is 0 Å². The Balaban J connectivity index is 3.18. The molecule has 0 fully saturated rings. The molecule has 0 rings (SSSR count). The quantitative estimate of drug-likeness (QED) is 0.502. The van der Waals surface area contributed by atoms with Crippen LogP contribution in [-0.4, -0.2) is 24.3 Å². The highest BCUT2D eigenvalue weighted by Crippen LogP contribution is 2.09. The van der Waals surface area contributed by atoms with Gasteiger partial charge < -0.3 is 9.84 Å². The first kappa shape index (κ1) is 17.4. The third kappa shape index (κ3) is 10.6. The molecule has 1 atom stereocenters. The Labute approximate surface area is 112 Å². The molecule has 0 bridgehead atoms. The minimum absolute atomic E-state index is 0.334. The van der Waals surface area contributed by atoms with E-state index in [0.717, 1.165) is 6.42 Å². The van der Waals surface area contributed by atoms with Crippen molar-refractivity contribution in [2.75, 3.05) is 13.2 Å². The predicted octanol–water partition coefficient (Wildman–Crippen LogP) is 4.25. The average Bonchev–Trinajstić information content (AvgIpc) is 2.35. The summed E-state index contributed by atoms with van der Waals surface area (Å²) in [6.07, 6.45) is 10.9. The average molecular weight is 258 g/mol.